The highest BCUT2D eigenvalue weighted by atomic mass is 35.5. The summed E-state index contributed by atoms with van der Waals surface area (Å²) in [5.74, 6) is 0.977. The van der Waals surface area contributed by atoms with Crippen molar-refractivity contribution in [2.75, 3.05) is 0 Å². The Kier molecular flexibility index (Phi) is 10.4. The number of sulfone groups is 1. The van der Waals surface area contributed by atoms with Crippen molar-refractivity contribution in [3.63, 3.8) is 0 Å². The molecule has 0 radical (unpaired) electrons. The normalized spacial score (nSPS) is 11.8. The van der Waals surface area contributed by atoms with Crippen LogP contribution in [0.1, 0.15) is 101 Å². The van der Waals surface area contributed by atoms with E-state index in [1.165, 1.54) is 34.5 Å². The second-order valence-electron chi connectivity index (χ2n) is 11.6. The second kappa shape index (κ2) is 13.3. The molecule has 0 N–H and O–H groups in total. The monoisotopic (exact) mass is 607 g/mol. The highest BCUT2D eigenvalue weighted by Gasteiger charge is 2.33. The molecule has 0 bridgehead atoms. The minimum absolute atomic E-state index is 0. The molecule has 0 aliphatic carbocycles. The average molecular weight is 608 g/mol. The van der Waals surface area contributed by atoms with Crippen molar-refractivity contribution in [1.82, 2.24) is 9.55 Å². The highest BCUT2D eigenvalue weighted by Crippen LogP contribution is 2.37. The summed E-state index contributed by atoms with van der Waals surface area (Å²) in [5, 5.41) is 0.930. The number of rotatable bonds is 10. The standard InChI is InChI=1S/C34H42N3O3S.ClH/c1-10-41(38,39)30-18-13-19-35-33(30)40-34-36(31-26(22(2)3)14-11-15-27(31)23(4)5)20-21-37(34)32-28(24(6)7)16-12-17-29(32)25(8)9;/h10-25H,1H2,2-9H3;1H/q+1;/p-1. The third-order valence-electron chi connectivity index (χ3n) is 7.39. The van der Waals surface area contributed by atoms with Gasteiger partial charge in [-0.1, -0.05) is 98.4 Å². The lowest BCUT2D eigenvalue weighted by atomic mass is 9.92. The van der Waals surface area contributed by atoms with Crippen molar-refractivity contribution in [3.05, 3.63) is 101 Å². The molecule has 0 fully saturated rings. The molecule has 4 aromatic rings. The Morgan fingerprint density at radius 1 is 0.810 bits per heavy atom. The van der Waals surface area contributed by atoms with Gasteiger partial charge in [-0.2, -0.15) is 9.13 Å². The minimum atomic E-state index is -3.82. The first-order chi connectivity index (χ1) is 19.4. The zero-order valence-corrected chi connectivity index (χ0v) is 27.4. The van der Waals surface area contributed by atoms with E-state index in [1.807, 2.05) is 21.5 Å². The lowest BCUT2D eigenvalue weighted by molar-refractivity contribution is -0.602. The van der Waals surface area contributed by atoms with E-state index in [0.29, 0.717) is 6.01 Å². The average Bonchev–Trinajstić information content (AvgIpc) is 3.34. The SMILES string of the molecule is C=CS(=O)(=O)c1cccnc1Oc1n(-c2c(C(C)C)cccc2C(C)C)cc[n+]1-c1c(C(C)C)cccc1C(C)C.[Cl-]. The van der Waals surface area contributed by atoms with Crippen molar-refractivity contribution in [2.24, 2.45) is 0 Å². The molecule has 0 saturated carbocycles. The molecule has 0 saturated heterocycles. The van der Waals surface area contributed by atoms with E-state index in [4.69, 9.17) is 4.74 Å². The van der Waals surface area contributed by atoms with Crippen molar-refractivity contribution in [1.29, 1.82) is 0 Å². The molecule has 6 nitrogen and oxygen atoms in total. The van der Waals surface area contributed by atoms with Crippen LogP contribution < -0.4 is 21.7 Å². The van der Waals surface area contributed by atoms with E-state index in [0.717, 1.165) is 16.8 Å². The van der Waals surface area contributed by atoms with Gasteiger partial charge < -0.3 is 17.1 Å². The summed E-state index contributed by atoms with van der Waals surface area (Å²) in [5.41, 5.74) is 6.75. The van der Waals surface area contributed by atoms with Gasteiger partial charge in [0.1, 0.15) is 28.7 Å². The van der Waals surface area contributed by atoms with Crippen LogP contribution >= 0.6 is 0 Å². The smallest absolute Gasteiger partial charge is 0.473 e. The van der Waals surface area contributed by atoms with Crippen LogP contribution in [0.25, 0.3) is 11.4 Å². The van der Waals surface area contributed by atoms with Gasteiger partial charge in [-0.05, 0) is 35.8 Å². The molecule has 2 aromatic carbocycles. The first-order valence-corrected chi connectivity index (χ1v) is 15.8. The maximum Gasteiger partial charge on any atom is 0.473 e. The Hall–Kier alpha value is -3.42. The lowest BCUT2D eigenvalue weighted by Crippen LogP contribution is -3.00. The van der Waals surface area contributed by atoms with Gasteiger partial charge in [0, 0.05) is 33.9 Å². The number of pyridine rings is 1. The number of benzene rings is 2. The molecule has 0 atom stereocenters. The number of ether oxygens (including phenoxy) is 1. The summed E-state index contributed by atoms with van der Waals surface area (Å²) in [7, 11) is -3.82. The van der Waals surface area contributed by atoms with Gasteiger partial charge in [0.2, 0.25) is 15.7 Å². The van der Waals surface area contributed by atoms with Crippen LogP contribution in [0.4, 0.5) is 0 Å². The van der Waals surface area contributed by atoms with Crippen molar-refractivity contribution >= 4 is 9.84 Å². The van der Waals surface area contributed by atoms with Crippen LogP contribution in [-0.4, -0.2) is 18.0 Å². The molecule has 0 amide bonds. The summed E-state index contributed by atoms with van der Waals surface area (Å²) < 4.78 is 36.7. The summed E-state index contributed by atoms with van der Waals surface area (Å²) in [6.45, 7) is 21.0. The van der Waals surface area contributed by atoms with Crippen molar-refractivity contribution < 1.29 is 30.1 Å². The van der Waals surface area contributed by atoms with Gasteiger partial charge in [-0.15, -0.1) is 0 Å². The van der Waals surface area contributed by atoms with E-state index in [-0.39, 0.29) is 46.9 Å². The molecule has 42 heavy (non-hydrogen) atoms. The van der Waals surface area contributed by atoms with E-state index >= 15 is 0 Å². The molecular weight excluding hydrogens is 566 g/mol. The number of hydrogen-bond donors (Lipinski definition) is 0. The van der Waals surface area contributed by atoms with E-state index in [1.54, 1.807) is 6.07 Å². The van der Waals surface area contributed by atoms with Gasteiger partial charge in [0.15, 0.2) is 0 Å². The molecule has 224 valence electrons. The van der Waals surface area contributed by atoms with Gasteiger partial charge in [0.05, 0.1) is 0 Å². The van der Waals surface area contributed by atoms with Gasteiger partial charge >= 0.3 is 6.01 Å². The minimum Gasteiger partial charge on any atom is -1.00 e. The highest BCUT2D eigenvalue weighted by molar-refractivity contribution is 7.94. The Balaban J connectivity index is 0.00000484. The summed E-state index contributed by atoms with van der Waals surface area (Å²) in [6, 6.07) is 16.3. The predicted octanol–water partition coefficient (Wildman–Crippen LogP) is 5.36. The Bertz CT molecular complexity index is 1540. The number of hydrogen-bond acceptors (Lipinski definition) is 4. The quantitative estimate of drug-likeness (QED) is 0.228. The van der Waals surface area contributed by atoms with Gasteiger partial charge in [0.25, 0.3) is 0 Å². The molecule has 8 heteroatoms. The Morgan fingerprint density at radius 2 is 1.31 bits per heavy atom. The summed E-state index contributed by atoms with van der Waals surface area (Å²) in [6.07, 6.45) is 5.56. The molecular formula is C34H42ClN3O3S. The molecule has 4 rings (SSSR count). The second-order valence-corrected chi connectivity index (χ2v) is 13.5. The van der Waals surface area contributed by atoms with E-state index in [2.05, 4.69) is 103 Å². The summed E-state index contributed by atoms with van der Waals surface area (Å²) in [4.78, 5) is 4.36. The summed E-state index contributed by atoms with van der Waals surface area (Å²) >= 11 is 0. The number of nitrogens with zero attached hydrogens (tertiary/aromatic N) is 3. The fraction of sp³-hybridized carbons (Fsp3) is 0.353. The molecule has 2 heterocycles. The number of imidazole rings is 1. The third-order valence-corrected chi connectivity index (χ3v) is 8.76. The molecule has 0 spiro atoms. The van der Waals surface area contributed by atoms with Crippen LogP contribution in [0.15, 0.2) is 84.0 Å². The largest absolute Gasteiger partial charge is 1.00 e. The predicted molar refractivity (Wildman–Crippen MR) is 165 cm³/mol. The van der Waals surface area contributed by atoms with E-state index in [9.17, 15) is 8.42 Å². The van der Waals surface area contributed by atoms with E-state index < -0.39 is 9.84 Å². The maximum atomic E-state index is 13.0. The van der Waals surface area contributed by atoms with Crippen LogP contribution in [0.5, 0.6) is 11.9 Å². The first-order valence-electron chi connectivity index (χ1n) is 14.3. The number of aromatic nitrogens is 3. The Morgan fingerprint density at radius 3 is 1.79 bits per heavy atom. The molecule has 0 aliphatic rings. The van der Waals surface area contributed by atoms with Crippen LogP contribution in [0.3, 0.4) is 0 Å². The topological polar surface area (TPSA) is 65.1 Å². The third kappa shape index (κ3) is 6.32. The number of para-hydroxylation sites is 2. The Labute approximate surface area is 257 Å². The van der Waals surface area contributed by atoms with Gasteiger partial charge in [-0.25, -0.2) is 13.4 Å². The van der Waals surface area contributed by atoms with Crippen molar-refractivity contribution in [2.45, 2.75) is 84.0 Å². The molecule has 0 unspecified atom stereocenters. The number of halogens is 1. The van der Waals surface area contributed by atoms with Crippen LogP contribution in [-0.2, 0) is 9.84 Å². The molecule has 0 aliphatic heterocycles. The van der Waals surface area contributed by atoms with Crippen molar-refractivity contribution in [3.8, 4) is 23.3 Å². The lowest BCUT2D eigenvalue weighted by Gasteiger charge is -2.19. The fourth-order valence-corrected chi connectivity index (χ4v) is 6.03. The van der Waals surface area contributed by atoms with Gasteiger partial charge in [-0.3, -0.25) is 0 Å². The fourth-order valence-electron chi connectivity index (χ4n) is 5.24. The molecule has 2 aromatic heterocycles. The maximum absolute atomic E-state index is 13.0. The zero-order chi connectivity index (χ0) is 30.1. The van der Waals surface area contributed by atoms with Crippen LogP contribution in [0, 0.1) is 0 Å². The van der Waals surface area contributed by atoms with Crippen LogP contribution in [0.2, 0.25) is 0 Å². The first kappa shape index (κ1) is 33.1. The zero-order valence-electron chi connectivity index (χ0n) is 25.8.